The van der Waals surface area contributed by atoms with Gasteiger partial charge in [-0.05, 0) is 26.0 Å². The Labute approximate surface area is 125 Å². The van der Waals surface area contributed by atoms with Gasteiger partial charge in [-0.2, -0.15) is 8.42 Å². The first-order valence-corrected chi connectivity index (χ1v) is 7.97. The largest absolute Gasteiger partial charge is 0.467 e. The van der Waals surface area contributed by atoms with Crippen LogP contribution in [-0.4, -0.2) is 40.8 Å². The second-order valence-electron chi connectivity index (χ2n) is 4.34. The van der Waals surface area contributed by atoms with Gasteiger partial charge in [0.25, 0.3) is 10.1 Å². The highest BCUT2D eigenvalue weighted by atomic mass is 32.2. The first-order chi connectivity index (χ1) is 9.90. The van der Waals surface area contributed by atoms with Crippen LogP contribution in [0.2, 0.25) is 0 Å². The SMILES string of the molecule is CCOC(CCOS(=O)(=O)c1ccc(C)cc1)C(=O)OC. The van der Waals surface area contributed by atoms with Crippen LogP contribution < -0.4 is 0 Å². The predicted octanol–water partition coefficient (Wildman–Crippen LogP) is 1.67. The summed E-state index contributed by atoms with van der Waals surface area (Å²) < 4.78 is 38.6. The number of hydrogen-bond acceptors (Lipinski definition) is 6. The van der Waals surface area contributed by atoms with Crippen molar-refractivity contribution in [3.8, 4) is 0 Å². The lowest BCUT2D eigenvalue weighted by Crippen LogP contribution is -2.27. The Morgan fingerprint density at radius 2 is 1.86 bits per heavy atom. The van der Waals surface area contributed by atoms with E-state index < -0.39 is 22.2 Å². The van der Waals surface area contributed by atoms with Gasteiger partial charge in [0.2, 0.25) is 0 Å². The molecule has 0 amide bonds. The number of benzene rings is 1. The van der Waals surface area contributed by atoms with E-state index in [0.717, 1.165) is 5.56 Å². The molecular formula is C14H20O6S. The number of methoxy groups -OCH3 is 1. The number of rotatable bonds is 8. The molecule has 0 N–H and O–H groups in total. The Hall–Kier alpha value is -1.44. The summed E-state index contributed by atoms with van der Waals surface area (Å²) in [5.41, 5.74) is 0.955. The number of esters is 1. The summed E-state index contributed by atoms with van der Waals surface area (Å²) in [5, 5.41) is 0. The van der Waals surface area contributed by atoms with E-state index >= 15 is 0 Å². The minimum absolute atomic E-state index is 0.0825. The molecule has 0 bridgehead atoms. The molecule has 0 heterocycles. The summed E-state index contributed by atoms with van der Waals surface area (Å²) in [7, 11) is -2.58. The lowest BCUT2D eigenvalue weighted by molar-refractivity contribution is -0.154. The number of carbonyl (C=O) groups excluding carboxylic acids is 1. The van der Waals surface area contributed by atoms with Crippen molar-refractivity contribution >= 4 is 16.1 Å². The van der Waals surface area contributed by atoms with Gasteiger partial charge in [0.15, 0.2) is 6.10 Å². The van der Waals surface area contributed by atoms with Gasteiger partial charge in [0, 0.05) is 13.0 Å². The van der Waals surface area contributed by atoms with Gasteiger partial charge in [-0.1, -0.05) is 17.7 Å². The van der Waals surface area contributed by atoms with Crippen molar-refractivity contribution in [3.63, 3.8) is 0 Å². The van der Waals surface area contributed by atoms with E-state index in [1.165, 1.54) is 19.2 Å². The fourth-order valence-electron chi connectivity index (χ4n) is 1.64. The van der Waals surface area contributed by atoms with Gasteiger partial charge in [-0.15, -0.1) is 0 Å². The van der Waals surface area contributed by atoms with E-state index in [0.29, 0.717) is 6.61 Å². The molecule has 7 heteroatoms. The van der Waals surface area contributed by atoms with Crippen molar-refractivity contribution in [2.75, 3.05) is 20.3 Å². The Bertz CT molecular complexity index is 549. The molecule has 1 aromatic rings. The van der Waals surface area contributed by atoms with Gasteiger partial charge >= 0.3 is 5.97 Å². The minimum atomic E-state index is -3.83. The topological polar surface area (TPSA) is 78.9 Å². The van der Waals surface area contributed by atoms with Crippen LogP contribution in [-0.2, 0) is 28.6 Å². The number of carbonyl (C=O) groups is 1. The van der Waals surface area contributed by atoms with Crippen molar-refractivity contribution in [1.29, 1.82) is 0 Å². The molecule has 6 nitrogen and oxygen atoms in total. The van der Waals surface area contributed by atoms with E-state index in [-0.39, 0.29) is 17.9 Å². The lowest BCUT2D eigenvalue weighted by Gasteiger charge is -2.14. The highest BCUT2D eigenvalue weighted by Gasteiger charge is 2.21. The maximum Gasteiger partial charge on any atom is 0.335 e. The molecule has 0 spiro atoms. The zero-order valence-electron chi connectivity index (χ0n) is 12.4. The maximum atomic E-state index is 11.9. The van der Waals surface area contributed by atoms with Crippen molar-refractivity contribution < 1.29 is 26.9 Å². The highest BCUT2D eigenvalue weighted by Crippen LogP contribution is 2.14. The van der Waals surface area contributed by atoms with Crippen molar-refractivity contribution in [2.24, 2.45) is 0 Å². The molecule has 0 aliphatic rings. The smallest absolute Gasteiger partial charge is 0.335 e. The third kappa shape index (κ3) is 5.45. The fraction of sp³-hybridized carbons (Fsp3) is 0.500. The van der Waals surface area contributed by atoms with Gasteiger partial charge in [-0.25, -0.2) is 4.79 Å². The van der Waals surface area contributed by atoms with Gasteiger partial charge in [0.05, 0.1) is 18.6 Å². The Kier molecular flexibility index (Phi) is 6.80. The van der Waals surface area contributed by atoms with Crippen molar-refractivity contribution in [1.82, 2.24) is 0 Å². The van der Waals surface area contributed by atoms with E-state index in [1.54, 1.807) is 19.1 Å². The summed E-state index contributed by atoms with van der Waals surface area (Å²) in [6.45, 7) is 3.76. The van der Waals surface area contributed by atoms with Crippen LogP contribution in [0.3, 0.4) is 0 Å². The van der Waals surface area contributed by atoms with E-state index in [9.17, 15) is 13.2 Å². The number of aryl methyl sites for hydroxylation is 1. The van der Waals surface area contributed by atoms with Crippen LogP contribution >= 0.6 is 0 Å². The molecule has 0 saturated carbocycles. The zero-order chi connectivity index (χ0) is 15.9. The molecule has 118 valence electrons. The van der Waals surface area contributed by atoms with Crippen LogP contribution in [0.4, 0.5) is 0 Å². The molecule has 0 aliphatic heterocycles. The second kappa shape index (κ2) is 8.11. The molecule has 21 heavy (non-hydrogen) atoms. The predicted molar refractivity (Wildman–Crippen MR) is 76.4 cm³/mol. The molecular weight excluding hydrogens is 296 g/mol. The van der Waals surface area contributed by atoms with Crippen LogP contribution in [0.5, 0.6) is 0 Å². The average Bonchev–Trinajstić information content (AvgIpc) is 2.46. The molecule has 0 aromatic heterocycles. The normalized spacial score (nSPS) is 12.9. The van der Waals surface area contributed by atoms with Crippen LogP contribution in [0.25, 0.3) is 0 Å². The first-order valence-electron chi connectivity index (χ1n) is 6.56. The molecule has 1 rings (SSSR count). The molecule has 1 aromatic carbocycles. The minimum Gasteiger partial charge on any atom is -0.467 e. The van der Waals surface area contributed by atoms with Crippen LogP contribution in [0.1, 0.15) is 18.9 Å². The van der Waals surface area contributed by atoms with Crippen LogP contribution in [0, 0.1) is 6.92 Å². The average molecular weight is 316 g/mol. The number of hydrogen-bond donors (Lipinski definition) is 0. The summed E-state index contributed by atoms with van der Waals surface area (Å²) in [6.07, 6.45) is -0.723. The van der Waals surface area contributed by atoms with Gasteiger partial charge < -0.3 is 9.47 Å². The zero-order valence-corrected chi connectivity index (χ0v) is 13.2. The standard InChI is InChI=1S/C14H20O6S/c1-4-19-13(14(15)18-3)9-10-20-21(16,17)12-7-5-11(2)6-8-12/h5-8,13H,4,9-10H2,1-3H3. The maximum absolute atomic E-state index is 11.9. The van der Waals surface area contributed by atoms with E-state index in [4.69, 9.17) is 8.92 Å². The van der Waals surface area contributed by atoms with Crippen molar-refractivity contribution in [2.45, 2.75) is 31.3 Å². The fourth-order valence-corrected chi connectivity index (χ4v) is 2.56. The Balaban J connectivity index is 2.60. The summed E-state index contributed by atoms with van der Waals surface area (Å²) in [5.74, 6) is -0.548. The van der Waals surface area contributed by atoms with Gasteiger partial charge in [-0.3, -0.25) is 4.18 Å². The summed E-state index contributed by atoms with van der Waals surface area (Å²) in [4.78, 5) is 11.5. The van der Waals surface area contributed by atoms with Gasteiger partial charge in [0.1, 0.15) is 0 Å². The molecule has 0 radical (unpaired) electrons. The monoisotopic (exact) mass is 316 g/mol. The third-order valence-corrected chi connectivity index (χ3v) is 4.09. The first kappa shape index (κ1) is 17.6. The van der Waals surface area contributed by atoms with Crippen LogP contribution in [0.15, 0.2) is 29.2 Å². The second-order valence-corrected chi connectivity index (χ2v) is 5.96. The molecule has 1 atom stereocenters. The lowest BCUT2D eigenvalue weighted by atomic mass is 10.2. The molecule has 1 unspecified atom stereocenters. The van der Waals surface area contributed by atoms with Crippen molar-refractivity contribution in [3.05, 3.63) is 29.8 Å². The van der Waals surface area contributed by atoms with E-state index in [1.807, 2.05) is 6.92 Å². The highest BCUT2D eigenvalue weighted by molar-refractivity contribution is 7.86. The summed E-state index contributed by atoms with van der Waals surface area (Å²) in [6, 6.07) is 6.33. The Morgan fingerprint density at radius 3 is 2.38 bits per heavy atom. The molecule has 0 fully saturated rings. The Morgan fingerprint density at radius 1 is 1.24 bits per heavy atom. The number of ether oxygens (including phenoxy) is 2. The summed E-state index contributed by atoms with van der Waals surface area (Å²) >= 11 is 0. The quantitative estimate of drug-likeness (QED) is 0.536. The van der Waals surface area contributed by atoms with E-state index in [2.05, 4.69) is 4.74 Å². The molecule has 0 saturated heterocycles. The third-order valence-electron chi connectivity index (χ3n) is 2.76. The molecule has 0 aliphatic carbocycles.